The number of aryl methyl sites for hydroxylation is 1. The fraction of sp³-hybridized carbons (Fsp3) is 0.294. The molecule has 0 aliphatic carbocycles. The van der Waals surface area contributed by atoms with Crippen molar-refractivity contribution in [3.63, 3.8) is 0 Å². The van der Waals surface area contributed by atoms with Crippen LogP contribution in [-0.4, -0.2) is 30.9 Å². The topological polar surface area (TPSA) is 88.5 Å². The van der Waals surface area contributed by atoms with Crippen molar-refractivity contribution in [1.82, 2.24) is 30.3 Å². The van der Waals surface area contributed by atoms with Gasteiger partial charge in [0, 0.05) is 17.7 Å². The quantitative estimate of drug-likeness (QED) is 0.714. The summed E-state index contributed by atoms with van der Waals surface area (Å²) < 4.78 is 39.8. The lowest BCUT2D eigenvalue weighted by atomic mass is 10.1. The number of carbonyl (C=O) groups is 1. The molecular weight excluding hydrogens is 361 g/mol. The standard InChI is InChI=1S/C17H17F3N6O/c1-3-26-15(21-9-22-26)10(2)23-16(27)12-6-4-5-11(7-12)13-8-14(25-24-13)17(18,19)20/h4-10H,3H2,1-2H3,(H,23,27)(H,24,25)/t10-/m0/s1. The van der Waals surface area contributed by atoms with Crippen molar-refractivity contribution in [2.45, 2.75) is 32.6 Å². The van der Waals surface area contributed by atoms with E-state index >= 15 is 0 Å². The van der Waals surface area contributed by atoms with Crippen molar-refractivity contribution in [3.05, 3.63) is 53.7 Å². The maximum Gasteiger partial charge on any atom is 0.432 e. The molecule has 0 aliphatic heterocycles. The first-order valence-electron chi connectivity index (χ1n) is 8.21. The summed E-state index contributed by atoms with van der Waals surface area (Å²) in [5.74, 6) is 0.241. The number of halogens is 3. The van der Waals surface area contributed by atoms with Crippen molar-refractivity contribution >= 4 is 5.91 Å². The van der Waals surface area contributed by atoms with E-state index in [-0.39, 0.29) is 17.6 Å². The van der Waals surface area contributed by atoms with Crippen LogP contribution in [0.4, 0.5) is 13.2 Å². The normalized spacial score (nSPS) is 12.8. The second-order valence-electron chi connectivity index (χ2n) is 5.87. The van der Waals surface area contributed by atoms with E-state index in [1.54, 1.807) is 29.8 Å². The smallest absolute Gasteiger partial charge is 0.342 e. The summed E-state index contributed by atoms with van der Waals surface area (Å²) in [4.78, 5) is 16.7. The van der Waals surface area contributed by atoms with Gasteiger partial charge in [0.25, 0.3) is 5.91 Å². The highest BCUT2D eigenvalue weighted by Crippen LogP contribution is 2.30. The lowest BCUT2D eigenvalue weighted by molar-refractivity contribution is -0.141. The van der Waals surface area contributed by atoms with Crippen LogP contribution in [0.25, 0.3) is 11.3 Å². The van der Waals surface area contributed by atoms with Gasteiger partial charge in [0.2, 0.25) is 0 Å². The number of carbonyl (C=O) groups excluding carboxylic acids is 1. The van der Waals surface area contributed by atoms with Crippen LogP contribution < -0.4 is 5.32 Å². The number of hydrogen-bond donors (Lipinski definition) is 2. The molecule has 0 radical (unpaired) electrons. The third kappa shape index (κ3) is 3.99. The first-order valence-corrected chi connectivity index (χ1v) is 8.21. The minimum atomic E-state index is -4.51. The van der Waals surface area contributed by atoms with Crippen LogP contribution in [0.5, 0.6) is 0 Å². The Hall–Kier alpha value is -3.17. The Morgan fingerprint density at radius 1 is 1.33 bits per heavy atom. The lowest BCUT2D eigenvalue weighted by Gasteiger charge is -2.14. The summed E-state index contributed by atoms with van der Waals surface area (Å²) in [5, 5.41) is 12.5. The zero-order valence-electron chi connectivity index (χ0n) is 14.6. The predicted molar refractivity (Wildman–Crippen MR) is 90.6 cm³/mol. The number of H-pyrrole nitrogens is 1. The molecule has 0 fully saturated rings. The highest BCUT2D eigenvalue weighted by Gasteiger charge is 2.33. The third-order valence-electron chi connectivity index (χ3n) is 3.98. The largest absolute Gasteiger partial charge is 0.432 e. The van der Waals surface area contributed by atoms with E-state index in [0.29, 0.717) is 23.5 Å². The number of benzene rings is 1. The highest BCUT2D eigenvalue weighted by molar-refractivity contribution is 5.95. The maximum absolute atomic E-state index is 12.7. The van der Waals surface area contributed by atoms with E-state index in [2.05, 4.69) is 20.5 Å². The molecule has 27 heavy (non-hydrogen) atoms. The number of rotatable bonds is 5. The molecule has 0 aliphatic rings. The molecule has 0 bridgehead atoms. The number of alkyl halides is 3. The van der Waals surface area contributed by atoms with E-state index in [4.69, 9.17) is 0 Å². The summed E-state index contributed by atoms with van der Waals surface area (Å²) in [6.07, 6.45) is -3.09. The summed E-state index contributed by atoms with van der Waals surface area (Å²) in [6, 6.07) is 6.76. The van der Waals surface area contributed by atoms with Crippen molar-refractivity contribution in [2.24, 2.45) is 0 Å². The van der Waals surface area contributed by atoms with E-state index in [0.717, 1.165) is 6.07 Å². The molecule has 2 N–H and O–H groups in total. The van der Waals surface area contributed by atoms with Crippen LogP contribution in [0.1, 0.15) is 41.8 Å². The molecule has 3 rings (SSSR count). The minimum absolute atomic E-state index is 0.107. The maximum atomic E-state index is 12.7. The number of amides is 1. The summed E-state index contributed by atoms with van der Waals surface area (Å²) in [6.45, 7) is 4.31. The Morgan fingerprint density at radius 3 is 2.78 bits per heavy atom. The Bertz CT molecular complexity index is 946. The molecule has 1 aromatic carbocycles. The number of hydrogen-bond acceptors (Lipinski definition) is 4. The first-order chi connectivity index (χ1) is 12.8. The summed E-state index contributed by atoms with van der Waals surface area (Å²) in [7, 11) is 0. The van der Waals surface area contributed by atoms with Crippen LogP contribution in [-0.2, 0) is 12.7 Å². The van der Waals surface area contributed by atoms with Crippen LogP contribution >= 0.6 is 0 Å². The molecule has 7 nitrogen and oxygen atoms in total. The summed E-state index contributed by atoms with van der Waals surface area (Å²) in [5.41, 5.74) is -0.132. The molecule has 0 unspecified atom stereocenters. The lowest BCUT2D eigenvalue weighted by Crippen LogP contribution is -2.28. The van der Waals surface area contributed by atoms with Crippen molar-refractivity contribution in [1.29, 1.82) is 0 Å². The molecule has 1 amide bonds. The molecule has 1 atom stereocenters. The molecule has 0 saturated heterocycles. The molecule has 2 heterocycles. The van der Waals surface area contributed by atoms with Gasteiger partial charge >= 0.3 is 6.18 Å². The van der Waals surface area contributed by atoms with E-state index < -0.39 is 11.9 Å². The second-order valence-corrected chi connectivity index (χ2v) is 5.87. The van der Waals surface area contributed by atoms with Gasteiger partial charge in [-0.05, 0) is 32.0 Å². The van der Waals surface area contributed by atoms with Gasteiger partial charge in [0.1, 0.15) is 17.8 Å². The monoisotopic (exact) mass is 378 g/mol. The van der Waals surface area contributed by atoms with Crippen LogP contribution in [0, 0.1) is 0 Å². The summed E-state index contributed by atoms with van der Waals surface area (Å²) >= 11 is 0. The minimum Gasteiger partial charge on any atom is -0.342 e. The fourth-order valence-corrected chi connectivity index (χ4v) is 2.63. The molecule has 10 heteroatoms. The van der Waals surface area contributed by atoms with Gasteiger partial charge in [-0.2, -0.15) is 23.4 Å². The Kier molecular flexibility index (Phi) is 4.98. The van der Waals surface area contributed by atoms with Gasteiger partial charge in [-0.1, -0.05) is 12.1 Å². The van der Waals surface area contributed by atoms with Gasteiger partial charge in [-0.15, -0.1) is 0 Å². The molecule has 0 saturated carbocycles. The Balaban J connectivity index is 1.79. The van der Waals surface area contributed by atoms with Crippen LogP contribution in [0.3, 0.4) is 0 Å². The van der Waals surface area contributed by atoms with Crippen molar-refractivity contribution in [2.75, 3.05) is 0 Å². The van der Waals surface area contributed by atoms with Gasteiger partial charge in [0.05, 0.1) is 11.7 Å². The van der Waals surface area contributed by atoms with Crippen LogP contribution in [0.2, 0.25) is 0 Å². The molecular formula is C17H17F3N6O. The highest BCUT2D eigenvalue weighted by atomic mass is 19.4. The van der Waals surface area contributed by atoms with Gasteiger partial charge in [-0.25, -0.2) is 9.67 Å². The Labute approximate surface area is 152 Å². The van der Waals surface area contributed by atoms with Crippen molar-refractivity contribution < 1.29 is 18.0 Å². The van der Waals surface area contributed by atoms with Gasteiger partial charge < -0.3 is 5.32 Å². The average Bonchev–Trinajstić information content (AvgIpc) is 3.30. The van der Waals surface area contributed by atoms with Gasteiger partial charge in [-0.3, -0.25) is 9.89 Å². The number of aromatic nitrogens is 5. The van der Waals surface area contributed by atoms with E-state index in [9.17, 15) is 18.0 Å². The van der Waals surface area contributed by atoms with Crippen molar-refractivity contribution in [3.8, 4) is 11.3 Å². The molecule has 0 spiro atoms. The van der Waals surface area contributed by atoms with Crippen LogP contribution in [0.15, 0.2) is 36.7 Å². The number of aromatic amines is 1. The van der Waals surface area contributed by atoms with E-state index in [1.807, 2.05) is 12.0 Å². The van der Waals surface area contributed by atoms with Gasteiger partial charge in [0.15, 0.2) is 0 Å². The zero-order chi connectivity index (χ0) is 19.6. The molecule has 142 valence electrons. The zero-order valence-corrected chi connectivity index (χ0v) is 14.6. The fourth-order valence-electron chi connectivity index (χ4n) is 2.63. The van der Waals surface area contributed by atoms with E-state index in [1.165, 1.54) is 12.4 Å². The first kappa shape index (κ1) is 18.6. The second kappa shape index (κ2) is 7.22. The number of nitrogens with zero attached hydrogens (tertiary/aromatic N) is 4. The molecule has 2 aromatic heterocycles. The molecule has 3 aromatic rings. The third-order valence-corrected chi connectivity index (χ3v) is 3.98. The average molecular weight is 378 g/mol. The number of nitrogens with one attached hydrogen (secondary N) is 2. The Morgan fingerprint density at radius 2 is 2.11 bits per heavy atom. The SMILES string of the molecule is CCn1ncnc1[C@H](C)NC(=O)c1cccc(-c2cc(C(F)(F)F)[nH]n2)c1. The predicted octanol–water partition coefficient (Wildman–Crippen LogP) is 3.20.